The third-order valence-electron chi connectivity index (χ3n) is 3.36. The zero-order valence-corrected chi connectivity index (χ0v) is 10.8. The van der Waals surface area contributed by atoms with Crippen LogP contribution in [0.1, 0.15) is 27.6 Å². The van der Waals surface area contributed by atoms with Gasteiger partial charge >= 0.3 is 6.18 Å². The molecular weight excluding hydrogens is 271 g/mol. The van der Waals surface area contributed by atoms with Crippen LogP contribution in [0.2, 0.25) is 0 Å². The Bertz CT molecular complexity index is 571. The van der Waals surface area contributed by atoms with Gasteiger partial charge in [-0.2, -0.15) is 13.2 Å². The first-order valence-electron chi connectivity index (χ1n) is 6.02. The van der Waals surface area contributed by atoms with Crippen LogP contribution in [-0.4, -0.2) is 6.54 Å². The molecule has 0 fully saturated rings. The van der Waals surface area contributed by atoms with Gasteiger partial charge in [-0.15, -0.1) is 11.3 Å². The summed E-state index contributed by atoms with van der Waals surface area (Å²) in [5.74, 6) is 0. The summed E-state index contributed by atoms with van der Waals surface area (Å²) in [4.78, 5) is 1.32. The van der Waals surface area contributed by atoms with E-state index in [1.165, 1.54) is 10.4 Å². The first kappa shape index (κ1) is 12.7. The number of thiophene rings is 1. The number of nitrogens with one attached hydrogen (secondary N) is 1. The van der Waals surface area contributed by atoms with Crippen molar-refractivity contribution in [3.05, 3.63) is 57.3 Å². The van der Waals surface area contributed by atoms with Crippen LogP contribution in [0.25, 0.3) is 0 Å². The summed E-state index contributed by atoms with van der Waals surface area (Å²) < 4.78 is 37.6. The predicted octanol–water partition coefficient (Wildman–Crippen LogP) is 4.00. The molecule has 1 nitrogen and oxygen atoms in total. The van der Waals surface area contributed by atoms with E-state index in [1.807, 2.05) is 5.38 Å². The summed E-state index contributed by atoms with van der Waals surface area (Å²) in [6.45, 7) is 0.860. The lowest BCUT2D eigenvalue weighted by molar-refractivity contribution is -0.137. The predicted molar refractivity (Wildman–Crippen MR) is 69.3 cm³/mol. The van der Waals surface area contributed by atoms with Crippen molar-refractivity contribution in [2.45, 2.75) is 18.6 Å². The Morgan fingerprint density at radius 1 is 1.11 bits per heavy atom. The van der Waals surface area contributed by atoms with Gasteiger partial charge in [0.15, 0.2) is 0 Å². The molecule has 1 aliphatic rings. The third kappa shape index (κ3) is 2.40. The number of fused-ring (bicyclic) bond motifs is 1. The molecule has 1 atom stereocenters. The molecule has 0 radical (unpaired) electrons. The molecule has 100 valence electrons. The Morgan fingerprint density at radius 2 is 1.84 bits per heavy atom. The Kier molecular flexibility index (Phi) is 3.11. The molecule has 1 aliphatic heterocycles. The van der Waals surface area contributed by atoms with Crippen LogP contribution in [0.15, 0.2) is 35.7 Å². The molecule has 3 rings (SSSR count). The summed E-state index contributed by atoms with van der Waals surface area (Å²) in [6, 6.07) is 7.49. The SMILES string of the molecule is FC(F)(F)c1ccc([C@@H]2NCCc3sccc32)cc1. The van der Waals surface area contributed by atoms with Gasteiger partial charge in [-0.05, 0) is 41.1 Å². The lowest BCUT2D eigenvalue weighted by Gasteiger charge is -2.25. The zero-order valence-electron chi connectivity index (χ0n) is 10.00. The summed E-state index contributed by atoms with van der Waals surface area (Å²) >= 11 is 1.71. The Balaban J connectivity index is 1.93. The zero-order chi connectivity index (χ0) is 13.5. The van der Waals surface area contributed by atoms with Crippen LogP contribution in [0.5, 0.6) is 0 Å². The van der Waals surface area contributed by atoms with E-state index in [0.717, 1.165) is 30.7 Å². The average Bonchev–Trinajstić information content (AvgIpc) is 2.86. The van der Waals surface area contributed by atoms with Crippen molar-refractivity contribution in [3.8, 4) is 0 Å². The molecule has 0 aliphatic carbocycles. The number of alkyl halides is 3. The lowest BCUT2D eigenvalue weighted by Crippen LogP contribution is -2.29. The van der Waals surface area contributed by atoms with Crippen molar-refractivity contribution in [3.63, 3.8) is 0 Å². The van der Waals surface area contributed by atoms with Crippen LogP contribution in [0.3, 0.4) is 0 Å². The summed E-state index contributed by atoms with van der Waals surface area (Å²) in [5.41, 5.74) is 1.47. The number of hydrogen-bond donors (Lipinski definition) is 1. The minimum atomic E-state index is -4.27. The summed E-state index contributed by atoms with van der Waals surface area (Å²) in [6.07, 6.45) is -3.28. The van der Waals surface area contributed by atoms with Gasteiger partial charge in [-0.3, -0.25) is 0 Å². The van der Waals surface area contributed by atoms with E-state index < -0.39 is 11.7 Å². The molecule has 0 saturated carbocycles. The van der Waals surface area contributed by atoms with Gasteiger partial charge in [0.1, 0.15) is 0 Å². The minimum absolute atomic E-state index is 0.0114. The second kappa shape index (κ2) is 4.65. The van der Waals surface area contributed by atoms with Gasteiger partial charge in [-0.1, -0.05) is 12.1 Å². The molecule has 2 aromatic rings. The molecule has 0 spiro atoms. The van der Waals surface area contributed by atoms with Crippen molar-refractivity contribution in [2.75, 3.05) is 6.54 Å². The average molecular weight is 283 g/mol. The van der Waals surface area contributed by atoms with E-state index in [0.29, 0.717) is 0 Å². The first-order valence-corrected chi connectivity index (χ1v) is 6.90. The van der Waals surface area contributed by atoms with Crippen LogP contribution in [0.4, 0.5) is 13.2 Å². The number of benzene rings is 1. The van der Waals surface area contributed by atoms with Crippen molar-refractivity contribution in [1.82, 2.24) is 5.32 Å². The molecule has 1 aromatic heterocycles. The van der Waals surface area contributed by atoms with Crippen molar-refractivity contribution < 1.29 is 13.2 Å². The summed E-state index contributed by atoms with van der Waals surface area (Å²) in [5, 5.41) is 5.40. The van der Waals surface area contributed by atoms with Gasteiger partial charge < -0.3 is 5.32 Å². The van der Waals surface area contributed by atoms with E-state index >= 15 is 0 Å². The largest absolute Gasteiger partial charge is 0.416 e. The van der Waals surface area contributed by atoms with E-state index in [2.05, 4.69) is 11.4 Å². The Morgan fingerprint density at radius 3 is 2.53 bits per heavy atom. The highest BCUT2D eigenvalue weighted by Crippen LogP contribution is 2.34. The molecule has 1 aromatic carbocycles. The number of halogens is 3. The van der Waals surface area contributed by atoms with Gasteiger partial charge in [-0.25, -0.2) is 0 Å². The van der Waals surface area contributed by atoms with Crippen molar-refractivity contribution >= 4 is 11.3 Å². The van der Waals surface area contributed by atoms with Gasteiger partial charge in [0, 0.05) is 11.4 Å². The van der Waals surface area contributed by atoms with Crippen molar-refractivity contribution in [1.29, 1.82) is 0 Å². The maximum atomic E-state index is 12.5. The molecule has 0 saturated heterocycles. The molecule has 0 amide bonds. The van der Waals surface area contributed by atoms with Gasteiger partial charge in [0.25, 0.3) is 0 Å². The van der Waals surface area contributed by atoms with E-state index in [-0.39, 0.29) is 6.04 Å². The number of rotatable bonds is 1. The second-order valence-corrected chi connectivity index (χ2v) is 5.56. The molecule has 5 heteroatoms. The molecule has 19 heavy (non-hydrogen) atoms. The highest BCUT2D eigenvalue weighted by atomic mass is 32.1. The van der Waals surface area contributed by atoms with E-state index in [9.17, 15) is 13.2 Å². The standard InChI is InChI=1S/C14H12F3NS/c15-14(16,17)10-3-1-9(2-4-10)13-11-6-8-19-12(11)5-7-18-13/h1-4,6,8,13,18H,5,7H2/t13-/m0/s1. The van der Waals surface area contributed by atoms with E-state index in [1.54, 1.807) is 23.5 Å². The Labute approximate surface area is 113 Å². The maximum Gasteiger partial charge on any atom is 0.416 e. The summed E-state index contributed by atoms with van der Waals surface area (Å²) in [7, 11) is 0. The molecule has 0 bridgehead atoms. The monoisotopic (exact) mass is 283 g/mol. The minimum Gasteiger partial charge on any atom is -0.306 e. The highest BCUT2D eigenvalue weighted by Gasteiger charge is 2.30. The van der Waals surface area contributed by atoms with Crippen LogP contribution in [-0.2, 0) is 12.6 Å². The van der Waals surface area contributed by atoms with Gasteiger partial charge in [0.2, 0.25) is 0 Å². The first-order chi connectivity index (χ1) is 9.05. The molecule has 0 unspecified atom stereocenters. The van der Waals surface area contributed by atoms with Crippen LogP contribution >= 0.6 is 11.3 Å². The topological polar surface area (TPSA) is 12.0 Å². The molecule has 2 heterocycles. The van der Waals surface area contributed by atoms with Crippen LogP contribution in [0, 0.1) is 0 Å². The lowest BCUT2D eigenvalue weighted by atomic mass is 9.95. The quantitative estimate of drug-likeness (QED) is 0.834. The fraction of sp³-hybridized carbons (Fsp3) is 0.286. The smallest absolute Gasteiger partial charge is 0.306 e. The maximum absolute atomic E-state index is 12.5. The molecule has 1 N–H and O–H groups in total. The van der Waals surface area contributed by atoms with Crippen LogP contribution < -0.4 is 5.32 Å². The van der Waals surface area contributed by atoms with E-state index in [4.69, 9.17) is 0 Å². The normalized spacial score (nSPS) is 19.2. The fourth-order valence-corrected chi connectivity index (χ4v) is 3.33. The van der Waals surface area contributed by atoms with Gasteiger partial charge in [0.05, 0.1) is 11.6 Å². The number of hydrogen-bond acceptors (Lipinski definition) is 2. The Hall–Kier alpha value is -1.33. The highest BCUT2D eigenvalue weighted by molar-refractivity contribution is 7.10. The van der Waals surface area contributed by atoms with Crippen molar-refractivity contribution in [2.24, 2.45) is 0 Å². The molecular formula is C14H12F3NS. The second-order valence-electron chi connectivity index (χ2n) is 4.56. The fourth-order valence-electron chi connectivity index (χ4n) is 2.41. The third-order valence-corrected chi connectivity index (χ3v) is 4.36.